The van der Waals surface area contributed by atoms with Crippen LogP contribution in [0.25, 0.3) is 0 Å². The fraction of sp³-hybridized carbons (Fsp3) is 0.900. The standard InChI is InChI=1S/C10H17F2NO2/c1-7(14)4-13-5-8(2)15-10(3,6-13)9(11)12/h8-9H,4-6H2,1-3H3. The molecule has 0 aromatic carbocycles. The maximum atomic E-state index is 12.8. The molecule has 0 amide bonds. The molecule has 5 heteroatoms. The van der Waals surface area contributed by atoms with E-state index in [1.54, 1.807) is 11.8 Å². The van der Waals surface area contributed by atoms with Crippen molar-refractivity contribution in [2.24, 2.45) is 0 Å². The van der Waals surface area contributed by atoms with Crippen LogP contribution in [0.5, 0.6) is 0 Å². The molecule has 0 saturated carbocycles. The van der Waals surface area contributed by atoms with E-state index >= 15 is 0 Å². The third-order valence-corrected chi connectivity index (χ3v) is 2.43. The number of morpholine rings is 1. The molecule has 0 spiro atoms. The first-order valence-corrected chi connectivity index (χ1v) is 5.01. The zero-order valence-electron chi connectivity index (χ0n) is 9.30. The Labute approximate surface area is 88.4 Å². The molecule has 0 N–H and O–H groups in total. The molecule has 0 radical (unpaired) electrons. The zero-order valence-corrected chi connectivity index (χ0v) is 9.30. The Bertz CT molecular complexity index is 248. The number of rotatable bonds is 3. The Morgan fingerprint density at radius 3 is 2.73 bits per heavy atom. The SMILES string of the molecule is CC(=O)CN1CC(C)OC(C)(C(F)F)C1. The predicted molar refractivity (Wildman–Crippen MR) is 52.1 cm³/mol. The fourth-order valence-corrected chi connectivity index (χ4v) is 1.96. The lowest BCUT2D eigenvalue weighted by Gasteiger charge is -2.42. The highest BCUT2D eigenvalue weighted by Crippen LogP contribution is 2.27. The van der Waals surface area contributed by atoms with Gasteiger partial charge in [-0.15, -0.1) is 0 Å². The smallest absolute Gasteiger partial charge is 0.268 e. The highest BCUT2D eigenvalue weighted by atomic mass is 19.3. The van der Waals surface area contributed by atoms with Gasteiger partial charge in [-0.1, -0.05) is 0 Å². The predicted octanol–water partition coefficient (Wildman–Crippen LogP) is 1.32. The van der Waals surface area contributed by atoms with Crippen LogP contribution in [-0.4, -0.2) is 48.4 Å². The normalized spacial score (nSPS) is 33.3. The number of alkyl halides is 2. The highest BCUT2D eigenvalue weighted by molar-refractivity contribution is 5.77. The Balaban J connectivity index is 2.67. The summed E-state index contributed by atoms with van der Waals surface area (Å²) >= 11 is 0. The summed E-state index contributed by atoms with van der Waals surface area (Å²) in [4.78, 5) is 12.7. The molecule has 1 aliphatic heterocycles. The summed E-state index contributed by atoms with van der Waals surface area (Å²) in [5, 5.41) is 0. The molecular weight excluding hydrogens is 204 g/mol. The van der Waals surface area contributed by atoms with Crippen LogP contribution in [0.2, 0.25) is 0 Å². The Morgan fingerprint density at radius 2 is 2.27 bits per heavy atom. The topological polar surface area (TPSA) is 29.5 Å². The summed E-state index contributed by atoms with van der Waals surface area (Å²) in [6.45, 7) is 5.44. The highest BCUT2D eigenvalue weighted by Gasteiger charge is 2.43. The van der Waals surface area contributed by atoms with Gasteiger partial charge in [-0.05, 0) is 20.8 Å². The van der Waals surface area contributed by atoms with Gasteiger partial charge in [0.05, 0.1) is 12.6 Å². The number of hydrogen-bond donors (Lipinski definition) is 0. The first kappa shape index (κ1) is 12.5. The second-order valence-corrected chi connectivity index (χ2v) is 4.41. The van der Waals surface area contributed by atoms with Crippen LogP contribution in [0.15, 0.2) is 0 Å². The largest absolute Gasteiger partial charge is 0.364 e. The average molecular weight is 221 g/mol. The van der Waals surface area contributed by atoms with E-state index in [9.17, 15) is 13.6 Å². The second kappa shape index (κ2) is 4.53. The van der Waals surface area contributed by atoms with Crippen molar-refractivity contribution in [3.8, 4) is 0 Å². The van der Waals surface area contributed by atoms with Crippen molar-refractivity contribution >= 4 is 5.78 Å². The van der Waals surface area contributed by atoms with Gasteiger partial charge < -0.3 is 4.74 Å². The monoisotopic (exact) mass is 221 g/mol. The Hall–Kier alpha value is -0.550. The van der Waals surface area contributed by atoms with Gasteiger partial charge in [0, 0.05) is 13.1 Å². The summed E-state index contributed by atoms with van der Waals surface area (Å²) in [6.07, 6.45) is -2.80. The first-order chi connectivity index (χ1) is 6.83. The number of ether oxygens (including phenoxy) is 1. The molecule has 0 bridgehead atoms. The molecule has 3 nitrogen and oxygen atoms in total. The van der Waals surface area contributed by atoms with E-state index in [1.807, 2.05) is 0 Å². The first-order valence-electron chi connectivity index (χ1n) is 5.01. The van der Waals surface area contributed by atoms with E-state index in [-0.39, 0.29) is 25.0 Å². The summed E-state index contributed by atoms with van der Waals surface area (Å²) in [6, 6.07) is 0. The quantitative estimate of drug-likeness (QED) is 0.720. The number of halogens is 2. The third kappa shape index (κ3) is 3.21. The van der Waals surface area contributed by atoms with Crippen LogP contribution in [0.3, 0.4) is 0 Å². The Morgan fingerprint density at radius 1 is 1.67 bits per heavy atom. The molecule has 1 fully saturated rings. The lowest BCUT2D eigenvalue weighted by molar-refractivity contribution is -0.198. The van der Waals surface area contributed by atoms with Crippen molar-refractivity contribution < 1.29 is 18.3 Å². The van der Waals surface area contributed by atoms with Gasteiger partial charge in [-0.3, -0.25) is 9.69 Å². The van der Waals surface area contributed by atoms with E-state index in [0.29, 0.717) is 6.54 Å². The summed E-state index contributed by atoms with van der Waals surface area (Å²) in [7, 11) is 0. The molecule has 0 aromatic heterocycles. The lowest BCUT2D eigenvalue weighted by Crippen LogP contribution is -2.57. The molecule has 1 aliphatic rings. The Kier molecular flexibility index (Phi) is 3.78. The number of ketones is 1. The van der Waals surface area contributed by atoms with Crippen molar-refractivity contribution in [1.29, 1.82) is 0 Å². The molecular formula is C10H17F2NO2. The maximum Gasteiger partial charge on any atom is 0.268 e. The summed E-state index contributed by atoms with van der Waals surface area (Å²) in [5.41, 5.74) is -1.45. The van der Waals surface area contributed by atoms with Gasteiger partial charge >= 0.3 is 0 Å². The zero-order chi connectivity index (χ0) is 11.6. The van der Waals surface area contributed by atoms with Gasteiger partial charge in [0.25, 0.3) is 6.43 Å². The van der Waals surface area contributed by atoms with E-state index in [0.717, 1.165) is 0 Å². The minimum Gasteiger partial charge on any atom is -0.364 e. The van der Waals surface area contributed by atoms with Crippen LogP contribution in [0.1, 0.15) is 20.8 Å². The molecule has 2 unspecified atom stereocenters. The molecule has 1 rings (SSSR count). The number of hydrogen-bond acceptors (Lipinski definition) is 3. The van der Waals surface area contributed by atoms with Gasteiger partial charge in [-0.2, -0.15) is 0 Å². The molecule has 88 valence electrons. The third-order valence-electron chi connectivity index (χ3n) is 2.43. The van der Waals surface area contributed by atoms with Crippen LogP contribution < -0.4 is 0 Å². The molecule has 2 atom stereocenters. The molecule has 1 saturated heterocycles. The minimum absolute atomic E-state index is 0.0132. The molecule has 0 aliphatic carbocycles. The van der Waals surface area contributed by atoms with Crippen LogP contribution in [0, 0.1) is 0 Å². The summed E-state index contributed by atoms with van der Waals surface area (Å²) in [5.74, 6) is -0.0132. The van der Waals surface area contributed by atoms with Crippen molar-refractivity contribution in [1.82, 2.24) is 4.90 Å². The number of nitrogens with zero attached hydrogens (tertiary/aromatic N) is 1. The van der Waals surface area contributed by atoms with Gasteiger partial charge in [0.2, 0.25) is 0 Å². The number of Topliss-reactive ketones (excluding diaryl/α,β-unsaturated/α-hetero) is 1. The van der Waals surface area contributed by atoms with Gasteiger partial charge in [-0.25, -0.2) is 8.78 Å². The lowest BCUT2D eigenvalue weighted by atomic mass is 10.0. The van der Waals surface area contributed by atoms with Crippen LogP contribution in [0.4, 0.5) is 8.78 Å². The van der Waals surface area contributed by atoms with Crippen LogP contribution >= 0.6 is 0 Å². The summed E-state index contributed by atoms with van der Waals surface area (Å²) < 4.78 is 30.7. The number of carbonyl (C=O) groups is 1. The van der Waals surface area contributed by atoms with Crippen molar-refractivity contribution in [2.75, 3.05) is 19.6 Å². The average Bonchev–Trinajstić information content (AvgIpc) is 1.99. The fourth-order valence-electron chi connectivity index (χ4n) is 1.96. The van der Waals surface area contributed by atoms with Gasteiger partial charge in [0.1, 0.15) is 11.4 Å². The van der Waals surface area contributed by atoms with Crippen molar-refractivity contribution in [3.05, 3.63) is 0 Å². The van der Waals surface area contributed by atoms with E-state index in [4.69, 9.17) is 4.74 Å². The molecule has 0 aromatic rings. The maximum absolute atomic E-state index is 12.8. The molecule has 15 heavy (non-hydrogen) atoms. The minimum atomic E-state index is -2.53. The van der Waals surface area contributed by atoms with Crippen molar-refractivity contribution in [2.45, 2.75) is 38.9 Å². The second-order valence-electron chi connectivity index (χ2n) is 4.41. The van der Waals surface area contributed by atoms with E-state index in [2.05, 4.69) is 0 Å². The van der Waals surface area contributed by atoms with Gasteiger partial charge in [0.15, 0.2) is 0 Å². The van der Waals surface area contributed by atoms with E-state index < -0.39 is 12.0 Å². The van der Waals surface area contributed by atoms with Crippen molar-refractivity contribution in [3.63, 3.8) is 0 Å². The molecule has 1 heterocycles. The van der Waals surface area contributed by atoms with Crippen LogP contribution in [-0.2, 0) is 9.53 Å². The number of carbonyl (C=O) groups excluding carboxylic acids is 1. The van der Waals surface area contributed by atoms with E-state index in [1.165, 1.54) is 13.8 Å².